The van der Waals surface area contributed by atoms with Crippen molar-refractivity contribution in [3.8, 4) is 5.75 Å². The molecule has 1 aromatic carbocycles. The van der Waals surface area contributed by atoms with Gasteiger partial charge in [0.15, 0.2) is 0 Å². The molecule has 1 aromatic rings. The summed E-state index contributed by atoms with van der Waals surface area (Å²) in [6, 6.07) is 3.67. The summed E-state index contributed by atoms with van der Waals surface area (Å²) in [7, 11) is -0.412. The summed E-state index contributed by atoms with van der Waals surface area (Å²) in [6.07, 6.45) is 0. The van der Waals surface area contributed by atoms with Gasteiger partial charge in [-0.2, -0.15) is 0 Å². The minimum Gasteiger partial charge on any atom is -0.494 e. The molecule has 0 unspecified atom stereocenters. The Morgan fingerprint density at radius 1 is 1.35 bits per heavy atom. The van der Waals surface area contributed by atoms with Gasteiger partial charge in [0.1, 0.15) is 17.3 Å². The highest BCUT2D eigenvalue weighted by Gasteiger charge is 2.16. The standard InChI is InChI=1S/C13H16N2O7S/c1-3-22-13(17)8-23(20)7-12(16)14-10-5-4-9(15(18)19)6-11(10)21-2/h4-6H,3,7-8H2,1-2H3,(H,14,16)/t23-/m0/s1. The first-order chi connectivity index (χ1) is 10.9. The summed E-state index contributed by atoms with van der Waals surface area (Å²) in [5.41, 5.74) is 0.0157. The van der Waals surface area contributed by atoms with Crippen molar-refractivity contribution < 1.29 is 28.2 Å². The average molecular weight is 344 g/mol. The zero-order valence-electron chi connectivity index (χ0n) is 12.6. The molecule has 0 fully saturated rings. The average Bonchev–Trinajstić information content (AvgIpc) is 2.47. The van der Waals surface area contributed by atoms with Crippen LogP contribution in [0.25, 0.3) is 0 Å². The van der Waals surface area contributed by atoms with Gasteiger partial charge in [0, 0.05) is 16.9 Å². The normalized spacial score (nSPS) is 11.4. The van der Waals surface area contributed by atoms with E-state index in [4.69, 9.17) is 4.74 Å². The zero-order valence-corrected chi connectivity index (χ0v) is 13.4. The third kappa shape index (κ3) is 6.02. The first kappa shape index (κ1) is 18.6. The van der Waals surface area contributed by atoms with E-state index in [1.807, 2.05) is 0 Å². The van der Waals surface area contributed by atoms with Crippen molar-refractivity contribution in [2.24, 2.45) is 0 Å². The van der Waals surface area contributed by atoms with Gasteiger partial charge >= 0.3 is 5.97 Å². The van der Waals surface area contributed by atoms with Crippen LogP contribution in [0.5, 0.6) is 5.75 Å². The number of carbonyl (C=O) groups excluding carboxylic acids is 2. The molecule has 0 aliphatic rings. The van der Waals surface area contributed by atoms with Gasteiger partial charge in [-0.1, -0.05) is 0 Å². The third-order valence-electron chi connectivity index (χ3n) is 2.55. The molecule has 1 N–H and O–H groups in total. The van der Waals surface area contributed by atoms with E-state index in [2.05, 4.69) is 10.1 Å². The molecule has 126 valence electrons. The maximum Gasteiger partial charge on any atom is 0.318 e. The Hall–Kier alpha value is -2.49. The van der Waals surface area contributed by atoms with Gasteiger partial charge < -0.3 is 14.8 Å². The lowest BCUT2D eigenvalue weighted by molar-refractivity contribution is -0.384. The highest BCUT2D eigenvalue weighted by Crippen LogP contribution is 2.28. The molecule has 1 amide bonds. The molecule has 23 heavy (non-hydrogen) atoms. The van der Waals surface area contributed by atoms with Crippen LogP contribution in [-0.4, -0.2) is 46.2 Å². The van der Waals surface area contributed by atoms with E-state index in [1.165, 1.54) is 19.2 Å². The minimum atomic E-state index is -1.71. The second-order valence-corrected chi connectivity index (χ2v) is 5.68. The maximum atomic E-state index is 11.8. The number of methoxy groups -OCH3 is 1. The lowest BCUT2D eigenvalue weighted by Gasteiger charge is -2.09. The molecule has 0 saturated heterocycles. The Labute approximate surface area is 134 Å². The Kier molecular flexibility index (Phi) is 7.13. The Morgan fingerprint density at radius 2 is 2.04 bits per heavy atom. The fourth-order valence-corrected chi connectivity index (χ4v) is 2.43. The van der Waals surface area contributed by atoms with Gasteiger partial charge in [0.25, 0.3) is 5.69 Å². The number of rotatable bonds is 8. The molecule has 0 aliphatic heterocycles. The number of non-ortho nitro benzene ring substituents is 1. The Morgan fingerprint density at radius 3 is 2.61 bits per heavy atom. The molecule has 0 aromatic heterocycles. The number of ether oxygens (including phenoxy) is 2. The highest BCUT2D eigenvalue weighted by atomic mass is 32.2. The van der Waals surface area contributed by atoms with Gasteiger partial charge in [-0.15, -0.1) is 0 Å². The maximum absolute atomic E-state index is 11.8. The van der Waals surface area contributed by atoms with Gasteiger partial charge in [-0.25, -0.2) is 0 Å². The molecule has 0 radical (unpaired) electrons. The highest BCUT2D eigenvalue weighted by molar-refractivity contribution is 7.86. The molecule has 1 rings (SSSR count). The van der Waals surface area contributed by atoms with E-state index in [-0.39, 0.29) is 29.5 Å². The first-order valence-electron chi connectivity index (χ1n) is 6.50. The van der Waals surface area contributed by atoms with E-state index in [9.17, 15) is 23.9 Å². The van der Waals surface area contributed by atoms with Crippen LogP contribution in [0.2, 0.25) is 0 Å². The van der Waals surface area contributed by atoms with Gasteiger partial charge in [-0.05, 0) is 13.0 Å². The molecule has 1 atom stereocenters. The van der Waals surface area contributed by atoms with Crippen LogP contribution in [-0.2, 0) is 25.1 Å². The van der Waals surface area contributed by atoms with Gasteiger partial charge in [0.2, 0.25) is 5.91 Å². The molecule has 0 aliphatic carbocycles. The Bertz CT molecular complexity index is 633. The van der Waals surface area contributed by atoms with Crippen molar-refractivity contribution in [1.82, 2.24) is 0 Å². The predicted molar refractivity (Wildman–Crippen MR) is 82.8 cm³/mol. The van der Waals surface area contributed by atoms with Crippen LogP contribution in [0.4, 0.5) is 11.4 Å². The molecule has 0 saturated carbocycles. The lowest BCUT2D eigenvalue weighted by Crippen LogP contribution is -2.24. The largest absolute Gasteiger partial charge is 0.494 e. The topological polar surface area (TPSA) is 125 Å². The number of nitrogens with zero attached hydrogens (tertiary/aromatic N) is 1. The van der Waals surface area contributed by atoms with Crippen LogP contribution in [0, 0.1) is 10.1 Å². The summed E-state index contributed by atoms with van der Waals surface area (Å²) in [6.45, 7) is 1.79. The molecule has 10 heteroatoms. The number of benzene rings is 1. The fraction of sp³-hybridized carbons (Fsp3) is 0.385. The predicted octanol–water partition coefficient (Wildman–Crippen LogP) is 0.854. The number of nitro groups is 1. The van der Waals surface area contributed by atoms with E-state index >= 15 is 0 Å². The summed E-state index contributed by atoms with van der Waals surface area (Å²) in [5, 5.41) is 13.1. The summed E-state index contributed by atoms with van der Waals surface area (Å²) < 4.78 is 21.3. The zero-order chi connectivity index (χ0) is 17.4. The lowest BCUT2D eigenvalue weighted by atomic mass is 10.2. The summed E-state index contributed by atoms with van der Waals surface area (Å²) >= 11 is 0. The van der Waals surface area contributed by atoms with Crippen molar-refractivity contribution in [2.75, 3.05) is 30.5 Å². The second-order valence-electron chi connectivity index (χ2n) is 4.22. The van der Waals surface area contributed by atoms with E-state index in [1.54, 1.807) is 6.92 Å². The Balaban J connectivity index is 2.68. The molecular formula is C13H16N2O7S. The fourth-order valence-electron chi connectivity index (χ4n) is 1.61. The quantitative estimate of drug-likeness (QED) is 0.421. The molecule has 0 spiro atoms. The number of nitrogens with one attached hydrogen (secondary N) is 1. The van der Waals surface area contributed by atoms with E-state index in [0.29, 0.717) is 0 Å². The number of esters is 1. The van der Waals surface area contributed by atoms with Crippen molar-refractivity contribution in [3.05, 3.63) is 28.3 Å². The van der Waals surface area contributed by atoms with Gasteiger partial charge in [0.05, 0.1) is 30.4 Å². The number of nitro benzene ring substituents is 1. The van der Waals surface area contributed by atoms with Crippen molar-refractivity contribution >= 4 is 34.1 Å². The number of carbonyl (C=O) groups is 2. The van der Waals surface area contributed by atoms with Crippen molar-refractivity contribution in [1.29, 1.82) is 0 Å². The van der Waals surface area contributed by atoms with Crippen LogP contribution >= 0.6 is 0 Å². The number of anilines is 1. The first-order valence-corrected chi connectivity index (χ1v) is 7.99. The van der Waals surface area contributed by atoms with Crippen LogP contribution in [0.1, 0.15) is 6.92 Å². The summed E-state index contributed by atoms with van der Waals surface area (Å²) in [5.74, 6) is -1.94. The van der Waals surface area contributed by atoms with Crippen molar-refractivity contribution in [2.45, 2.75) is 6.92 Å². The smallest absolute Gasteiger partial charge is 0.318 e. The number of hydrogen-bond acceptors (Lipinski definition) is 7. The SMILES string of the molecule is CCOC(=O)C[S@@](=O)CC(=O)Nc1ccc([N+](=O)[O-])cc1OC. The van der Waals surface area contributed by atoms with Crippen LogP contribution in [0.15, 0.2) is 18.2 Å². The van der Waals surface area contributed by atoms with Crippen LogP contribution < -0.4 is 10.1 Å². The van der Waals surface area contributed by atoms with Gasteiger partial charge in [-0.3, -0.25) is 23.9 Å². The summed E-state index contributed by atoms with van der Waals surface area (Å²) in [4.78, 5) is 33.1. The molecule has 9 nitrogen and oxygen atoms in total. The van der Waals surface area contributed by atoms with E-state index in [0.717, 1.165) is 6.07 Å². The molecule has 0 heterocycles. The number of hydrogen-bond donors (Lipinski definition) is 1. The third-order valence-corrected chi connectivity index (χ3v) is 3.69. The minimum absolute atomic E-state index is 0.101. The molecular weight excluding hydrogens is 328 g/mol. The number of amides is 1. The van der Waals surface area contributed by atoms with Crippen LogP contribution in [0.3, 0.4) is 0 Å². The van der Waals surface area contributed by atoms with Crippen molar-refractivity contribution in [3.63, 3.8) is 0 Å². The van der Waals surface area contributed by atoms with E-state index < -0.39 is 33.4 Å². The molecule has 0 bridgehead atoms. The second kappa shape index (κ2) is 8.83. The monoisotopic (exact) mass is 344 g/mol.